The molecule has 0 atom stereocenters. The number of anilines is 1. The molecule has 0 aliphatic rings. The largest absolute Gasteiger partial charge is 0.322 e. The molecule has 0 saturated carbocycles. The van der Waals surface area contributed by atoms with Crippen LogP contribution < -0.4 is 5.32 Å². The van der Waals surface area contributed by atoms with E-state index in [1.165, 1.54) is 12.1 Å². The van der Waals surface area contributed by atoms with Crippen molar-refractivity contribution < 1.29 is 9.18 Å². The topological polar surface area (TPSA) is 29.1 Å². The minimum atomic E-state index is -0.569. The summed E-state index contributed by atoms with van der Waals surface area (Å²) in [6.45, 7) is 0. The van der Waals surface area contributed by atoms with Gasteiger partial charge in [0, 0.05) is 16.0 Å². The van der Waals surface area contributed by atoms with Gasteiger partial charge in [-0.15, -0.1) is 11.6 Å². The summed E-state index contributed by atoms with van der Waals surface area (Å²) < 4.78 is 14.2. The van der Waals surface area contributed by atoms with Gasteiger partial charge in [0.15, 0.2) is 0 Å². The molecule has 0 bridgehead atoms. The van der Waals surface area contributed by atoms with Gasteiger partial charge in [-0.25, -0.2) is 4.39 Å². The van der Waals surface area contributed by atoms with Crippen LogP contribution in [-0.2, 0) is 5.88 Å². The van der Waals surface area contributed by atoms with Gasteiger partial charge in [0.2, 0.25) is 0 Å². The van der Waals surface area contributed by atoms with E-state index in [0.717, 1.165) is 5.56 Å². The average molecular weight is 343 g/mol. The molecule has 0 saturated heterocycles. The Kier molecular flexibility index (Phi) is 4.56. The minimum absolute atomic E-state index is 0.000485. The predicted molar refractivity (Wildman–Crippen MR) is 78.1 cm³/mol. The summed E-state index contributed by atoms with van der Waals surface area (Å²) in [6.07, 6.45) is 0. The van der Waals surface area contributed by atoms with E-state index < -0.39 is 11.7 Å². The predicted octanol–water partition coefficient (Wildman–Crippen LogP) is 4.58. The zero-order valence-corrected chi connectivity index (χ0v) is 12.1. The second-order valence-electron chi connectivity index (χ2n) is 3.91. The van der Waals surface area contributed by atoms with Crippen molar-refractivity contribution in [3.8, 4) is 0 Å². The van der Waals surface area contributed by atoms with Crippen LogP contribution in [-0.4, -0.2) is 5.91 Å². The lowest BCUT2D eigenvalue weighted by Crippen LogP contribution is -2.13. The number of benzene rings is 2. The molecule has 19 heavy (non-hydrogen) atoms. The lowest BCUT2D eigenvalue weighted by atomic mass is 10.2. The normalized spacial score (nSPS) is 10.3. The highest BCUT2D eigenvalue weighted by molar-refractivity contribution is 9.10. The fraction of sp³-hybridized carbons (Fsp3) is 0.0714. The third-order valence-electron chi connectivity index (χ3n) is 2.51. The maximum Gasteiger partial charge on any atom is 0.258 e. The van der Waals surface area contributed by atoms with Gasteiger partial charge in [-0.2, -0.15) is 0 Å². The number of hydrogen-bond acceptors (Lipinski definition) is 1. The third kappa shape index (κ3) is 3.55. The monoisotopic (exact) mass is 341 g/mol. The first kappa shape index (κ1) is 14.0. The Labute approximate surface area is 123 Å². The molecule has 98 valence electrons. The molecule has 0 aliphatic carbocycles. The first-order valence-electron chi connectivity index (χ1n) is 5.51. The standard InChI is InChI=1S/C14H10BrClFNO/c15-10-4-5-12(13(17)7-10)14(19)18-11-3-1-2-9(6-11)8-16/h1-7H,8H2,(H,18,19). The van der Waals surface area contributed by atoms with Crippen molar-refractivity contribution in [1.82, 2.24) is 0 Å². The first-order valence-corrected chi connectivity index (χ1v) is 6.84. The van der Waals surface area contributed by atoms with Crippen LogP contribution in [0.5, 0.6) is 0 Å². The maximum absolute atomic E-state index is 13.6. The van der Waals surface area contributed by atoms with E-state index in [1.54, 1.807) is 24.3 Å². The second-order valence-corrected chi connectivity index (χ2v) is 5.10. The zero-order valence-electron chi connectivity index (χ0n) is 9.79. The highest BCUT2D eigenvalue weighted by Crippen LogP contribution is 2.18. The van der Waals surface area contributed by atoms with Crippen LogP contribution in [0.25, 0.3) is 0 Å². The van der Waals surface area contributed by atoms with Gasteiger partial charge in [-0.05, 0) is 35.9 Å². The van der Waals surface area contributed by atoms with Crippen LogP contribution in [0.3, 0.4) is 0 Å². The van der Waals surface area contributed by atoms with Gasteiger partial charge in [0.05, 0.1) is 5.56 Å². The van der Waals surface area contributed by atoms with Gasteiger partial charge < -0.3 is 5.32 Å². The Bertz CT molecular complexity index is 618. The Morgan fingerprint density at radius 2 is 2.05 bits per heavy atom. The molecule has 2 aromatic rings. The zero-order chi connectivity index (χ0) is 13.8. The van der Waals surface area contributed by atoms with Crippen LogP contribution in [0.4, 0.5) is 10.1 Å². The maximum atomic E-state index is 13.6. The van der Waals surface area contributed by atoms with Crippen molar-refractivity contribution >= 4 is 39.1 Å². The molecule has 1 N–H and O–H groups in total. The molecule has 0 spiro atoms. The minimum Gasteiger partial charge on any atom is -0.322 e. The van der Waals surface area contributed by atoms with E-state index in [0.29, 0.717) is 16.0 Å². The summed E-state index contributed by atoms with van der Waals surface area (Å²) in [5, 5.41) is 2.64. The Balaban J connectivity index is 2.20. The van der Waals surface area contributed by atoms with E-state index >= 15 is 0 Å². The van der Waals surface area contributed by atoms with Crippen LogP contribution in [0.1, 0.15) is 15.9 Å². The molecule has 1 amide bonds. The number of amides is 1. The van der Waals surface area contributed by atoms with Crippen molar-refractivity contribution in [1.29, 1.82) is 0 Å². The summed E-state index contributed by atoms with van der Waals surface area (Å²) in [7, 11) is 0. The number of carbonyl (C=O) groups excluding carboxylic acids is 1. The van der Waals surface area contributed by atoms with Crippen LogP contribution >= 0.6 is 27.5 Å². The Morgan fingerprint density at radius 3 is 2.74 bits per heavy atom. The van der Waals surface area contributed by atoms with Gasteiger partial charge in [0.25, 0.3) is 5.91 Å². The lowest BCUT2D eigenvalue weighted by Gasteiger charge is -2.07. The molecule has 0 unspecified atom stereocenters. The van der Waals surface area contributed by atoms with Crippen molar-refractivity contribution in [3.05, 3.63) is 63.9 Å². The molecule has 5 heteroatoms. The molecule has 0 aliphatic heterocycles. The van der Waals surface area contributed by atoms with Crippen LogP contribution in [0.15, 0.2) is 46.9 Å². The SMILES string of the molecule is O=C(Nc1cccc(CCl)c1)c1ccc(Br)cc1F. The highest BCUT2D eigenvalue weighted by atomic mass is 79.9. The summed E-state index contributed by atoms with van der Waals surface area (Å²) in [6, 6.07) is 11.4. The van der Waals surface area contributed by atoms with E-state index in [2.05, 4.69) is 21.2 Å². The Morgan fingerprint density at radius 1 is 1.26 bits per heavy atom. The molecule has 0 aromatic heterocycles. The quantitative estimate of drug-likeness (QED) is 0.813. The second kappa shape index (κ2) is 6.17. The first-order chi connectivity index (χ1) is 9.10. The van der Waals surface area contributed by atoms with E-state index in [9.17, 15) is 9.18 Å². The molecule has 0 heterocycles. The number of rotatable bonds is 3. The molecule has 2 aromatic carbocycles. The van der Waals surface area contributed by atoms with Crippen molar-refractivity contribution in [2.45, 2.75) is 5.88 Å². The van der Waals surface area contributed by atoms with Crippen molar-refractivity contribution in [3.63, 3.8) is 0 Å². The van der Waals surface area contributed by atoms with Crippen LogP contribution in [0, 0.1) is 5.82 Å². The molecule has 0 fully saturated rings. The Hall–Kier alpha value is -1.39. The number of halogens is 3. The summed E-state index contributed by atoms with van der Waals surface area (Å²) in [4.78, 5) is 11.9. The number of nitrogens with one attached hydrogen (secondary N) is 1. The van der Waals surface area contributed by atoms with Gasteiger partial charge in [-0.3, -0.25) is 4.79 Å². The fourth-order valence-corrected chi connectivity index (χ4v) is 2.10. The van der Waals surface area contributed by atoms with E-state index in [4.69, 9.17) is 11.6 Å². The molecular formula is C14H10BrClFNO. The number of alkyl halides is 1. The van der Waals surface area contributed by atoms with E-state index in [1.807, 2.05) is 6.07 Å². The molecular weight excluding hydrogens is 333 g/mol. The number of hydrogen-bond donors (Lipinski definition) is 1. The average Bonchev–Trinajstić information content (AvgIpc) is 2.38. The van der Waals surface area contributed by atoms with Gasteiger partial charge in [-0.1, -0.05) is 28.1 Å². The third-order valence-corrected chi connectivity index (χ3v) is 3.32. The molecule has 2 nitrogen and oxygen atoms in total. The van der Waals surface area contributed by atoms with Gasteiger partial charge in [0.1, 0.15) is 5.82 Å². The van der Waals surface area contributed by atoms with Crippen LogP contribution in [0.2, 0.25) is 0 Å². The molecule has 0 radical (unpaired) electrons. The number of carbonyl (C=O) groups is 1. The van der Waals surface area contributed by atoms with Gasteiger partial charge >= 0.3 is 0 Å². The lowest BCUT2D eigenvalue weighted by molar-refractivity contribution is 0.102. The fourth-order valence-electron chi connectivity index (χ4n) is 1.60. The van der Waals surface area contributed by atoms with Crippen molar-refractivity contribution in [2.24, 2.45) is 0 Å². The summed E-state index contributed by atoms with van der Waals surface area (Å²) >= 11 is 8.86. The van der Waals surface area contributed by atoms with E-state index in [-0.39, 0.29) is 5.56 Å². The molecule has 2 rings (SSSR count). The summed E-state index contributed by atoms with van der Waals surface area (Å²) in [5.74, 6) is -0.701. The highest BCUT2D eigenvalue weighted by Gasteiger charge is 2.12. The summed E-state index contributed by atoms with van der Waals surface area (Å²) in [5.41, 5.74) is 1.47. The van der Waals surface area contributed by atoms with Crippen molar-refractivity contribution in [2.75, 3.05) is 5.32 Å². The smallest absolute Gasteiger partial charge is 0.258 e.